The van der Waals surface area contributed by atoms with Gasteiger partial charge in [0.05, 0.1) is 11.0 Å². The lowest BCUT2D eigenvalue weighted by Crippen LogP contribution is -2.55. The number of rotatable bonds is 0. The van der Waals surface area contributed by atoms with Crippen LogP contribution < -0.4 is 0 Å². The maximum absolute atomic E-state index is 12.1. The molecule has 1 nitrogen and oxygen atoms in total. The van der Waals surface area contributed by atoms with E-state index in [1.807, 2.05) is 0 Å². The highest BCUT2D eigenvalue weighted by atomic mass is 19.4. The first-order chi connectivity index (χ1) is 4.66. The molecule has 0 heterocycles. The van der Waals surface area contributed by atoms with Gasteiger partial charge in [-0.2, -0.15) is 13.2 Å². The Kier molecular flexibility index (Phi) is 1.54. The van der Waals surface area contributed by atoms with Crippen LogP contribution in [0.2, 0.25) is 0 Å². The summed E-state index contributed by atoms with van der Waals surface area (Å²) < 4.78 is 36.4. The largest absolute Gasteiger partial charge is 0.394 e. The molecule has 1 aliphatic carbocycles. The molecule has 0 amide bonds. The second kappa shape index (κ2) is 1.91. The molecule has 0 aromatic carbocycles. The number of hydrogen-bond donors (Lipinski definition) is 1. The van der Waals surface area contributed by atoms with E-state index in [-0.39, 0.29) is 12.8 Å². The van der Waals surface area contributed by atoms with Crippen LogP contribution in [0.25, 0.3) is 0 Å². The van der Waals surface area contributed by atoms with Crippen molar-refractivity contribution in [2.45, 2.75) is 38.5 Å². The van der Waals surface area contributed by atoms with Crippen molar-refractivity contribution in [1.82, 2.24) is 0 Å². The van der Waals surface area contributed by atoms with Crippen LogP contribution in [0.1, 0.15) is 26.7 Å². The molecule has 11 heavy (non-hydrogen) atoms. The summed E-state index contributed by atoms with van der Waals surface area (Å²) in [6, 6.07) is 0. The van der Waals surface area contributed by atoms with E-state index in [1.165, 1.54) is 6.92 Å². The molecule has 1 saturated carbocycles. The van der Waals surface area contributed by atoms with Crippen LogP contribution in [0.3, 0.4) is 0 Å². The second-order valence-corrected chi connectivity index (χ2v) is 3.91. The highest BCUT2D eigenvalue weighted by Crippen LogP contribution is 2.57. The van der Waals surface area contributed by atoms with Gasteiger partial charge in [-0.15, -0.1) is 0 Å². The highest BCUT2D eigenvalue weighted by molar-refractivity contribution is 5.02. The highest BCUT2D eigenvalue weighted by Gasteiger charge is 2.62. The lowest BCUT2D eigenvalue weighted by atomic mass is 9.60. The molecule has 1 aliphatic rings. The zero-order valence-corrected chi connectivity index (χ0v) is 6.50. The minimum atomic E-state index is -4.17. The summed E-state index contributed by atoms with van der Waals surface area (Å²) in [5, 5.41) is 9.11. The van der Waals surface area contributed by atoms with Crippen LogP contribution in [0.5, 0.6) is 0 Å². The molecule has 0 aliphatic heterocycles. The van der Waals surface area contributed by atoms with Crippen molar-refractivity contribution < 1.29 is 18.3 Å². The zero-order valence-electron chi connectivity index (χ0n) is 6.50. The van der Waals surface area contributed by atoms with Gasteiger partial charge in [-0.1, -0.05) is 6.92 Å². The molecular weight excluding hydrogens is 157 g/mol. The predicted octanol–water partition coefficient (Wildman–Crippen LogP) is 2.10. The van der Waals surface area contributed by atoms with E-state index in [2.05, 4.69) is 0 Å². The lowest BCUT2D eigenvalue weighted by molar-refractivity contribution is -0.286. The first-order valence-corrected chi connectivity index (χ1v) is 3.45. The van der Waals surface area contributed by atoms with Gasteiger partial charge in [0.1, 0.15) is 0 Å². The summed E-state index contributed by atoms with van der Waals surface area (Å²) in [6.45, 7) is 2.57. The summed E-state index contributed by atoms with van der Waals surface area (Å²) >= 11 is 0. The summed E-state index contributed by atoms with van der Waals surface area (Å²) in [5.41, 5.74) is -2.76. The van der Waals surface area contributed by atoms with Crippen LogP contribution in [-0.4, -0.2) is 16.9 Å². The Morgan fingerprint density at radius 3 is 1.64 bits per heavy atom. The summed E-state index contributed by atoms with van der Waals surface area (Å²) in [4.78, 5) is 0. The first-order valence-electron chi connectivity index (χ1n) is 3.45. The molecule has 0 aromatic heterocycles. The molecule has 0 bridgehead atoms. The summed E-state index contributed by atoms with van der Waals surface area (Å²) in [5.74, 6) is 0. The van der Waals surface area contributed by atoms with E-state index in [9.17, 15) is 13.2 Å². The van der Waals surface area contributed by atoms with Gasteiger partial charge in [0.15, 0.2) is 0 Å². The van der Waals surface area contributed by atoms with Crippen LogP contribution in [-0.2, 0) is 0 Å². The quantitative estimate of drug-likeness (QED) is 0.587. The van der Waals surface area contributed by atoms with Gasteiger partial charge in [-0.05, 0) is 19.8 Å². The Balaban J connectivity index is 2.64. The molecule has 1 fully saturated rings. The molecular formula is C7H11F3O. The van der Waals surface area contributed by atoms with Crippen molar-refractivity contribution in [2.75, 3.05) is 0 Å². The van der Waals surface area contributed by atoms with Gasteiger partial charge in [-0.3, -0.25) is 0 Å². The Hall–Kier alpha value is -0.250. The molecule has 4 heteroatoms. The molecule has 0 aromatic rings. The van der Waals surface area contributed by atoms with Crippen molar-refractivity contribution in [3.05, 3.63) is 0 Å². The zero-order chi connectivity index (χ0) is 8.91. The van der Waals surface area contributed by atoms with Crippen molar-refractivity contribution in [1.29, 1.82) is 0 Å². The van der Waals surface area contributed by atoms with Crippen molar-refractivity contribution >= 4 is 0 Å². The topological polar surface area (TPSA) is 20.2 Å². The molecule has 1 rings (SSSR count). The molecule has 0 spiro atoms. The lowest BCUT2D eigenvalue weighted by Gasteiger charge is -2.50. The van der Waals surface area contributed by atoms with Crippen molar-refractivity contribution in [2.24, 2.45) is 5.41 Å². The van der Waals surface area contributed by atoms with Crippen LogP contribution in [0.15, 0.2) is 0 Å². The fourth-order valence-corrected chi connectivity index (χ4v) is 1.83. The maximum Gasteiger partial charge on any atom is 0.394 e. The third-order valence-corrected chi connectivity index (χ3v) is 2.23. The average Bonchev–Trinajstić information content (AvgIpc) is 1.55. The third kappa shape index (κ3) is 1.36. The molecule has 0 saturated heterocycles. The molecule has 66 valence electrons. The van der Waals surface area contributed by atoms with Gasteiger partial charge in [-0.25, -0.2) is 0 Å². The van der Waals surface area contributed by atoms with E-state index in [0.717, 1.165) is 6.92 Å². The van der Waals surface area contributed by atoms with Gasteiger partial charge < -0.3 is 5.11 Å². The Labute approximate surface area is 63.2 Å². The second-order valence-electron chi connectivity index (χ2n) is 3.91. The molecule has 0 atom stereocenters. The van der Waals surface area contributed by atoms with E-state index >= 15 is 0 Å². The van der Waals surface area contributed by atoms with Gasteiger partial charge in [0.25, 0.3) is 0 Å². The average molecular weight is 168 g/mol. The number of halogens is 3. The third-order valence-electron chi connectivity index (χ3n) is 2.23. The standard InChI is InChI=1S/C7H11F3O/c1-5(7(8,9)10)3-6(2,11)4-5/h11H,3-4H2,1-2H3. The minimum Gasteiger partial charge on any atom is -0.390 e. The molecule has 0 unspecified atom stereocenters. The number of hydrogen-bond acceptors (Lipinski definition) is 1. The predicted molar refractivity (Wildman–Crippen MR) is 34.0 cm³/mol. The number of aliphatic hydroxyl groups is 1. The fourth-order valence-electron chi connectivity index (χ4n) is 1.83. The smallest absolute Gasteiger partial charge is 0.390 e. The van der Waals surface area contributed by atoms with Gasteiger partial charge >= 0.3 is 6.18 Å². The van der Waals surface area contributed by atoms with E-state index < -0.39 is 17.2 Å². The van der Waals surface area contributed by atoms with Crippen molar-refractivity contribution in [3.63, 3.8) is 0 Å². The summed E-state index contributed by atoms with van der Waals surface area (Å²) in [6.07, 6.45) is -4.53. The van der Waals surface area contributed by atoms with Crippen LogP contribution >= 0.6 is 0 Å². The van der Waals surface area contributed by atoms with Crippen LogP contribution in [0.4, 0.5) is 13.2 Å². The number of alkyl halides is 3. The Morgan fingerprint density at radius 2 is 1.55 bits per heavy atom. The normalized spacial score (nSPS) is 45.3. The van der Waals surface area contributed by atoms with E-state index in [1.54, 1.807) is 0 Å². The maximum atomic E-state index is 12.1. The SMILES string of the molecule is CC1(O)CC(C)(C(F)(F)F)C1. The van der Waals surface area contributed by atoms with E-state index in [0.29, 0.717) is 0 Å². The van der Waals surface area contributed by atoms with Crippen LogP contribution in [0, 0.1) is 5.41 Å². The van der Waals surface area contributed by atoms with Gasteiger partial charge in [0.2, 0.25) is 0 Å². The Bertz CT molecular complexity index is 163. The first kappa shape index (κ1) is 8.84. The van der Waals surface area contributed by atoms with E-state index in [4.69, 9.17) is 5.11 Å². The Morgan fingerprint density at radius 1 is 1.18 bits per heavy atom. The van der Waals surface area contributed by atoms with Gasteiger partial charge in [0, 0.05) is 0 Å². The van der Waals surface area contributed by atoms with Crippen molar-refractivity contribution in [3.8, 4) is 0 Å². The summed E-state index contributed by atoms with van der Waals surface area (Å²) in [7, 11) is 0. The minimum absolute atomic E-state index is 0.177. The molecule has 0 radical (unpaired) electrons. The molecule has 1 N–H and O–H groups in total. The fraction of sp³-hybridized carbons (Fsp3) is 1.00. The monoisotopic (exact) mass is 168 g/mol.